The number of hydrogen-bond acceptors (Lipinski definition) is 5. The number of imide groups is 1. The van der Waals surface area contributed by atoms with Gasteiger partial charge in [0.05, 0.1) is 47.5 Å². The van der Waals surface area contributed by atoms with Gasteiger partial charge in [-0.25, -0.2) is 9.88 Å². The maximum absolute atomic E-state index is 13.1. The molecule has 1 N–H and O–H groups in total. The number of amides is 2. The first-order chi connectivity index (χ1) is 14.6. The van der Waals surface area contributed by atoms with Crippen molar-refractivity contribution in [3.8, 4) is 5.75 Å². The minimum absolute atomic E-state index is 0.0846. The van der Waals surface area contributed by atoms with E-state index in [1.54, 1.807) is 42.7 Å². The highest BCUT2D eigenvalue weighted by molar-refractivity contribution is 7.18. The lowest BCUT2D eigenvalue weighted by atomic mass is 9.96. The number of piperidine rings is 1. The summed E-state index contributed by atoms with van der Waals surface area (Å²) in [6.45, 7) is 1.78. The molecule has 0 bridgehead atoms. The number of methoxy groups -OCH3 is 1. The summed E-state index contributed by atoms with van der Waals surface area (Å²) in [6.07, 6.45) is 2.28. The fraction of sp³-hybridized carbons (Fsp3) is 0.348. The molecule has 0 radical (unpaired) electrons. The number of fused-ring (bicyclic) bond motifs is 1. The predicted octanol–water partition coefficient (Wildman–Crippen LogP) is 2.40. The van der Waals surface area contributed by atoms with E-state index >= 15 is 0 Å². The maximum Gasteiger partial charge on any atom is 0.292 e. The molecule has 2 fully saturated rings. The Morgan fingerprint density at radius 2 is 1.80 bits per heavy atom. The summed E-state index contributed by atoms with van der Waals surface area (Å²) in [5.41, 5.74) is 1.69. The van der Waals surface area contributed by atoms with E-state index in [1.165, 1.54) is 19.5 Å². The Morgan fingerprint density at radius 3 is 2.50 bits per heavy atom. The molecule has 2 aliphatic heterocycles. The Morgan fingerprint density at radius 1 is 1.07 bits per heavy atom. The molecule has 0 unspecified atom stereocenters. The zero-order chi connectivity index (χ0) is 20.7. The standard InChI is InChI=1S/C23H23N3O3S/c1-29-17-8-6-16(7-9-17)26-21(27)14-19(23(26)28)25-12-10-15(11-13-25)22-24-18-4-2-3-5-20(18)30-22/h2-9,15,19H,10-14H2,1H3/p+1/t19-/m1/s1. The van der Waals surface area contributed by atoms with Crippen LogP contribution in [0.25, 0.3) is 10.2 Å². The van der Waals surface area contributed by atoms with Crippen molar-refractivity contribution in [3.05, 3.63) is 53.5 Å². The summed E-state index contributed by atoms with van der Waals surface area (Å²) >= 11 is 1.78. The molecule has 154 valence electrons. The highest BCUT2D eigenvalue weighted by Gasteiger charge is 2.46. The van der Waals surface area contributed by atoms with E-state index in [1.807, 2.05) is 12.1 Å². The molecular formula is C23H24N3O3S+. The number of carbonyl (C=O) groups is 2. The van der Waals surface area contributed by atoms with Gasteiger partial charge >= 0.3 is 0 Å². The first-order valence-electron chi connectivity index (χ1n) is 10.3. The second-order valence-electron chi connectivity index (χ2n) is 7.97. The highest BCUT2D eigenvalue weighted by Crippen LogP contribution is 2.32. The van der Waals surface area contributed by atoms with Crippen LogP contribution in [0.15, 0.2) is 48.5 Å². The molecule has 1 aromatic heterocycles. The van der Waals surface area contributed by atoms with Crippen molar-refractivity contribution >= 4 is 39.1 Å². The number of nitrogens with zero attached hydrogens (tertiary/aromatic N) is 2. The van der Waals surface area contributed by atoms with E-state index in [0.29, 0.717) is 17.4 Å². The zero-order valence-electron chi connectivity index (χ0n) is 16.8. The number of thiazole rings is 1. The lowest BCUT2D eigenvalue weighted by molar-refractivity contribution is -0.920. The monoisotopic (exact) mass is 422 g/mol. The molecule has 2 amide bonds. The van der Waals surface area contributed by atoms with Crippen molar-refractivity contribution in [3.63, 3.8) is 0 Å². The van der Waals surface area contributed by atoms with Crippen LogP contribution in [0, 0.1) is 0 Å². The molecule has 2 aromatic carbocycles. The van der Waals surface area contributed by atoms with Gasteiger partial charge in [0.2, 0.25) is 5.91 Å². The lowest BCUT2D eigenvalue weighted by Gasteiger charge is -2.31. The van der Waals surface area contributed by atoms with Crippen molar-refractivity contribution in [2.75, 3.05) is 25.1 Å². The van der Waals surface area contributed by atoms with Gasteiger partial charge in [0.1, 0.15) is 5.75 Å². The first kappa shape index (κ1) is 19.2. The molecule has 5 rings (SSSR count). The van der Waals surface area contributed by atoms with Crippen molar-refractivity contribution in [1.82, 2.24) is 4.98 Å². The molecular weight excluding hydrogens is 398 g/mol. The van der Waals surface area contributed by atoms with Gasteiger partial charge < -0.3 is 9.64 Å². The molecule has 0 saturated carbocycles. The minimum Gasteiger partial charge on any atom is -0.497 e. The summed E-state index contributed by atoms with van der Waals surface area (Å²) in [5, 5.41) is 1.20. The van der Waals surface area contributed by atoms with E-state index in [-0.39, 0.29) is 24.3 Å². The van der Waals surface area contributed by atoms with Gasteiger partial charge in [-0.15, -0.1) is 11.3 Å². The van der Waals surface area contributed by atoms with Crippen LogP contribution in [-0.2, 0) is 9.59 Å². The number of carbonyl (C=O) groups excluding carboxylic acids is 2. The third-order valence-electron chi connectivity index (χ3n) is 6.26. The van der Waals surface area contributed by atoms with E-state index in [9.17, 15) is 9.59 Å². The number of anilines is 1. The molecule has 30 heavy (non-hydrogen) atoms. The summed E-state index contributed by atoms with van der Waals surface area (Å²) in [7, 11) is 1.60. The molecule has 6 nitrogen and oxygen atoms in total. The fourth-order valence-electron chi connectivity index (χ4n) is 4.60. The smallest absolute Gasteiger partial charge is 0.292 e. The van der Waals surface area contributed by atoms with Gasteiger partial charge in [0.25, 0.3) is 5.91 Å². The topological polar surface area (TPSA) is 63.9 Å². The van der Waals surface area contributed by atoms with Crippen LogP contribution in [0.2, 0.25) is 0 Å². The zero-order valence-corrected chi connectivity index (χ0v) is 17.7. The Balaban J connectivity index is 1.26. The number of aromatic nitrogens is 1. The average Bonchev–Trinajstić information content (AvgIpc) is 3.34. The van der Waals surface area contributed by atoms with Crippen LogP contribution in [0.4, 0.5) is 5.69 Å². The molecule has 2 aliphatic rings. The Labute approximate surface area is 179 Å². The molecule has 3 heterocycles. The minimum atomic E-state index is -0.282. The van der Waals surface area contributed by atoms with Crippen molar-refractivity contribution < 1.29 is 19.2 Å². The summed E-state index contributed by atoms with van der Waals surface area (Å²) in [4.78, 5) is 33.1. The Hall–Kier alpha value is -2.77. The predicted molar refractivity (Wildman–Crippen MR) is 116 cm³/mol. The van der Waals surface area contributed by atoms with E-state index in [4.69, 9.17) is 9.72 Å². The molecule has 1 atom stereocenters. The Kier molecular flexibility index (Phi) is 5.00. The molecule has 2 saturated heterocycles. The van der Waals surface area contributed by atoms with Crippen LogP contribution in [0.1, 0.15) is 30.2 Å². The number of likely N-dealkylation sites (tertiary alicyclic amines) is 1. The van der Waals surface area contributed by atoms with Crippen LogP contribution in [0.3, 0.4) is 0 Å². The highest BCUT2D eigenvalue weighted by atomic mass is 32.1. The van der Waals surface area contributed by atoms with Gasteiger partial charge in [-0.2, -0.15) is 0 Å². The first-order valence-corrected chi connectivity index (χ1v) is 11.2. The third kappa shape index (κ3) is 3.38. The van der Waals surface area contributed by atoms with Crippen molar-refractivity contribution in [2.24, 2.45) is 0 Å². The summed E-state index contributed by atoms with van der Waals surface area (Å²) in [6, 6.07) is 15.1. The van der Waals surface area contributed by atoms with Crippen LogP contribution < -0.4 is 14.5 Å². The van der Waals surface area contributed by atoms with E-state index in [2.05, 4.69) is 12.1 Å². The molecule has 7 heteroatoms. The maximum atomic E-state index is 13.1. The van der Waals surface area contributed by atoms with Crippen LogP contribution in [0.5, 0.6) is 5.75 Å². The van der Waals surface area contributed by atoms with Crippen LogP contribution in [-0.4, -0.2) is 43.0 Å². The largest absolute Gasteiger partial charge is 0.497 e. The molecule has 3 aromatic rings. The van der Waals surface area contributed by atoms with Crippen molar-refractivity contribution in [1.29, 1.82) is 0 Å². The second-order valence-corrected chi connectivity index (χ2v) is 9.04. The lowest BCUT2D eigenvalue weighted by Crippen LogP contribution is -3.17. The number of rotatable bonds is 4. The van der Waals surface area contributed by atoms with E-state index in [0.717, 1.165) is 31.4 Å². The number of hydrogen-bond donors (Lipinski definition) is 1. The van der Waals surface area contributed by atoms with Gasteiger partial charge in [0, 0.05) is 18.8 Å². The second kappa shape index (κ2) is 7.81. The number of nitrogens with one attached hydrogen (secondary N) is 1. The van der Waals surface area contributed by atoms with Gasteiger partial charge in [-0.1, -0.05) is 12.1 Å². The third-order valence-corrected chi connectivity index (χ3v) is 7.46. The van der Waals surface area contributed by atoms with E-state index < -0.39 is 0 Å². The molecule has 0 spiro atoms. The Bertz CT molecular complexity index is 1050. The average molecular weight is 423 g/mol. The van der Waals surface area contributed by atoms with Gasteiger partial charge in [0.15, 0.2) is 6.04 Å². The quantitative estimate of drug-likeness (QED) is 0.656. The summed E-state index contributed by atoms with van der Waals surface area (Å²) in [5.74, 6) is 0.947. The summed E-state index contributed by atoms with van der Waals surface area (Å²) < 4.78 is 6.40. The SMILES string of the molecule is COc1ccc(N2C(=O)C[C@@H]([NH+]3CCC(c4nc5ccccc5s4)CC3)C2=O)cc1. The number of ether oxygens (including phenoxy) is 1. The molecule has 0 aliphatic carbocycles. The van der Waals surface area contributed by atoms with Gasteiger partial charge in [-0.05, 0) is 36.4 Å². The fourth-order valence-corrected chi connectivity index (χ4v) is 5.74. The number of benzene rings is 2. The normalized spacial score (nSPS) is 24.6. The van der Waals surface area contributed by atoms with Crippen LogP contribution >= 0.6 is 11.3 Å². The number of quaternary nitrogens is 1. The van der Waals surface area contributed by atoms with Gasteiger partial charge in [-0.3, -0.25) is 9.59 Å². The number of para-hydroxylation sites is 1. The van der Waals surface area contributed by atoms with Crippen molar-refractivity contribution in [2.45, 2.75) is 31.2 Å².